The third-order valence-electron chi connectivity index (χ3n) is 2.50. The Balaban J connectivity index is 2.23. The molecule has 0 atom stereocenters. The molecule has 0 spiro atoms. The summed E-state index contributed by atoms with van der Waals surface area (Å²) in [6.45, 7) is 0. The summed E-state index contributed by atoms with van der Waals surface area (Å²) < 4.78 is 4.77. The fourth-order valence-corrected chi connectivity index (χ4v) is 1.58. The van der Waals surface area contributed by atoms with E-state index in [0.717, 1.165) is 0 Å². The van der Waals surface area contributed by atoms with E-state index in [4.69, 9.17) is 9.52 Å². The van der Waals surface area contributed by atoms with E-state index >= 15 is 0 Å². The molecule has 0 saturated heterocycles. The lowest BCUT2D eigenvalue weighted by Crippen LogP contribution is -2.15. The standard InChI is InChI=1S/C12H9NO6/c14-8(3-4-10(15)16)11(17)6-1-2-7-9(5-6)19-12(18)13-7/h1-2,5H,3-4H2,(H,13,18)(H,15,16). The molecule has 0 aliphatic carbocycles. The van der Waals surface area contributed by atoms with Gasteiger partial charge in [-0.05, 0) is 18.2 Å². The van der Waals surface area contributed by atoms with Gasteiger partial charge in [0.1, 0.15) is 0 Å². The zero-order valence-corrected chi connectivity index (χ0v) is 9.63. The number of carboxylic acid groups (broad SMARTS) is 1. The molecule has 0 unspecified atom stereocenters. The maximum absolute atomic E-state index is 11.7. The van der Waals surface area contributed by atoms with Gasteiger partial charge in [-0.2, -0.15) is 0 Å². The van der Waals surface area contributed by atoms with E-state index < -0.39 is 29.7 Å². The predicted molar refractivity (Wildman–Crippen MR) is 63.0 cm³/mol. The van der Waals surface area contributed by atoms with Gasteiger partial charge in [0.15, 0.2) is 5.58 Å². The summed E-state index contributed by atoms with van der Waals surface area (Å²) in [5.41, 5.74) is 0.645. The first kappa shape index (κ1) is 12.7. The number of carbonyl (C=O) groups excluding carboxylic acids is 2. The predicted octanol–water partition coefficient (Wildman–Crippen LogP) is 0.738. The summed E-state index contributed by atoms with van der Waals surface area (Å²) in [4.78, 5) is 46.9. The maximum atomic E-state index is 11.7. The average Bonchev–Trinajstić information content (AvgIpc) is 2.73. The number of hydrogen-bond acceptors (Lipinski definition) is 5. The first-order valence-electron chi connectivity index (χ1n) is 5.39. The van der Waals surface area contributed by atoms with Gasteiger partial charge in [-0.3, -0.25) is 19.4 Å². The van der Waals surface area contributed by atoms with Crippen molar-refractivity contribution in [1.82, 2.24) is 4.98 Å². The molecule has 1 heterocycles. The van der Waals surface area contributed by atoms with Crippen LogP contribution in [0.4, 0.5) is 0 Å². The molecule has 0 saturated carbocycles. The van der Waals surface area contributed by atoms with Crippen molar-refractivity contribution >= 4 is 28.6 Å². The summed E-state index contributed by atoms with van der Waals surface area (Å²) >= 11 is 0. The molecule has 0 amide bonds. The summed E-state index contributed by atoms with van der Waals surface area (Å²) in [6, 6.07) is 4.08. The molecular formula is C12H9NO6. The highest BCUT2D eigenvalue weighted by Gasteiger charge is 2.18. The molecule has 0 radical (unpaired) electrons. The maximum Gasteiger partial charge on any atom is 0.417 e. The van der Waals surface area contributed by atoms with Crippen LogP contribution in [0, 0.1) is 0 Å². The van der Waals surface area contributed by atoms with Gasteiger partial charge < -0.3 is 9.52 Å². The van der Waals surface area contributed by atoms with E-state index in [2.05, 4.69) is 4.98 Å². The molecule has 7 nitrogen and oxygen atoms in total. The number of rotatable bonds is 5. The SMILES string of the molecule is O=C(O)CCC(=O)C(=O)c1ccc2[nH]c(=O)oc2c1. The number of fused-ring (bicyclic) bond motifs is 1. The molecule has 0 aliphatic rings. The zero-order chi connectivity index (χ0) is 14.0. The first-order chi connectivity index (χ1) is 8.97. The highest BCUT2D eigenvalue weighted by molar-refractivity contribution is 6.44. The topological polar surface area (TPSA) is 117 Å². The van der Waals surface area contributed by atoms with Crippen LogP contribution < -0.4 is 5.76 Å². The number of benzene rings is 1. The third kappa shape index (κ3) is 2.76. The zero-order valence-electron chi connectivity index (χ0n) is 9.63. The Bertz CT molecular complexity index is 723. The third-order valence-corrected chi connectivity index (χ3v) is 2.50. The number of aromatic amines is 1. The fraction of sp³-hybridized carbons (Fsp3) is 0.167. The Kier molecular flexibility index (Phi) is 3.28. The van der Waals surface area contributed by atoms with E-state index in [-0.39, 0.29) is 17.6 Å². The Morgan fingerprint density at radius 1 is 1.21 bits per heavy atom. The smallest absolute Gasteiger partial charge is 0.417 e. The van der Waals surface area contributed by atoms with Gasteiger partial charge in [0.2, 0.25) is 11.6 Å². The minimum absolute atomic E-state index is 0.0608. The molecule has 0 fully saturated rings. The number of H-pyrrole nitrogens is 1. The summed E-state index contributed by atoms with van der Waals surface area (Å²) in [5.74, 6) is -3.39. The van der Waals surface area contributed by atoms with Crippen LogP contribution in [0.25, 0.3) is 11.1 Å². The average molecular weight is 263 g/mol. The van der Waals surface area contributed by atoms with Crippen molar-refractivity contribution < 1.29 is 23.9 Å². The Hall–Kier alpha value is -2.70. The van der Waals surface area contributed by atoms with Gasteiger partial charge in [0, 0.05) is 12.0 Å². The Morgan fingerprint density at radius 3 is 2.63 bits per heavy atom. The minimum Gasteiger partial charge on any atom is -0.481 e. The van der Waals surface area contributed by atoms with Crippen LogP contribution in [-0.2, 0) is 9.59 Å². The van der Waals surface area contributed by atoms with Gasteiger partial charge in [-0.15, -0.1) is 0 Å². The number of Topliss-reactive ketones (excluding diaryl/α,β-unsaturated/α-hetero) is 2. The van der Waals surface area contributed by atoms with Gasteiger partial charge in [-0.25, -0.2) is 4.79 Å². The van der Waals surface area contributed by atoms with Crippen molar-refractivity contribution in [1.29, 1.82) is 0 Å². The lowest BCUT2D eigenvalue weighted by Gasteiger charge is -1.98. The Morgan fingerprint density at radius 2 is 1.95 bits per heavy atom. The normalized spacial score (nSPS) is 10.5. The second-order valence-electron chi connectivity index (χ2n) is 3.87. The van der Waals surface area contributed by atoms with E-state index in [0.29, 0.717) is 5.52 Å². The van der Waals surface area contributed by atoms with Crippen LogP contribution in [0.2, 0.25) is 0 Å². The number of carbonyl (C=O) groups is 3. The molecule has 0 aliphatic heterocycles. The number of hydrogen-bond donors (Lipinski definition) is 2. The monoisotopic (exact) mass is 263 g/mol. The van der Waals surface area contributed by atoms with Crippen LogP contribution in [0.3, 0.4) is 0 Å². The van der Waals surface area contributed by atoms with Crippen molar-refractivity contribution in [3.05, 3.63) is 34.3 Å². The Labute approximate surface area is 105 Å². The van der Waals surface area contributed by atoms with E-state index in [9.17, 15) is 19.2 Å². The summed E-state index contributed by atoms with van der Waals surface area (Å²) in [6.07, 6.45) is -0.755. The number of ketones is 2. The molecule has 2 rings (SSSR count). The van der Waals surface area contributed by atoms with Crippen LogP contribution >= 0.6 is 0 Å². The van der Waals surface area contributed by atoms with Gasteiger partial charge >= 0.3 is 11.7 Å². The lowest BCUT2D eigenvalue weighted by atomic mass is 10.0. The number of aliphatic carboxylic acids is 1. The van der Waals surface area contributed by atoms with Crippen molar-refractivity contribution in [2.75, 3.05) is 0 Å². The molecular weight excluding hydrogens is 254 g/mol. The van der Waals surface area contributed by atoms with Crippen molar-refractivity contribution in [3.63, 3.8) is 0 Å². The largest absolute Gasteiger partial charge is 0.481 e. The second kappa shape index (κ2) is 4.89. The minimum atomic E-state index is -1.15. The molecule has 19 heavy (non-hydrogen) atoms. The van der Waals surface area contributed by atoms with E-state index in [1.54, 1.807) is 0 Å². The number of aromatic nitrogens is 1. The lowest BCUT2D eigenvalue weighted by molar-refractivity contribution is -0.138. The van der Waals surface area contributed by atoms with Crippen LogP contribution in [0.5, 0.6) is 0 Å². The molecule has 0 bridgehead atoms. The second-order valence-corrected chi connectivity index (χ2v) is 3.87. The highest BCUT2D eigenvalue weighted by Crippen LogP contribution is 2.13. The van der Waals surface area contributed by atoms with Crippen LogP contribution in [0.1, 0.15) is 23.2 Å². The number of nitrogens with one attached hydrogen (secondary N) is 1. The molecule has 98 valence electrons. The molecule has 1 aromatic heterocycles. The van der Waals surface area contributed by atoms with Crippen molar-refractivity contribution in [2.45, 2.75) is 12.8 Å². The highest BCUT2D eigenvalue weighted by atomic mass is 16.4. The van der Waals surface area contributed by atoms with Gasteiger partial charge in [0.05, 0.1) is 11.9 Å². The summed E-state index contributed by atoms with van der Waals surface area (Å²) in [7, 11) is 0. The van der Waals surface area contributed by atoms with Crippen LogP contribution in [0.15, 0.2) is 27.4 Å². The van der Waals surface area contributed by atoms with Gasteiger partial charge in [-0.1, -0.05) is 0 Å². The number of oxazole rings is 1. The quantitative estimate of drug-likeness (QED) is 0.606. The molecule has 7 heteroatoms. The van der Waals surface area contributed by atoms with Crippen molar-refractivity contribution in [3.8, 4) is 0 Å². The molecule has 1 aromatic carbocycles. The van der Waals surface area contributed by atoms with Crippen LogP contribution in [-0.4, -0.2) is 27.6 Å². The molecule has 2 aromatic rings. The summed E-state index contributed by atoms with van der Waals surface area (Å²) in [5, 5.41) is 8.44. The number of carboxylic acids is 1. The fourth-order valence-electron chi connectivity index (χ4n) is 1.58. The van der Waals surface area contributed by atoms with E-state index in [1.807, 2.05) is 0 Å². The van der Waals surface area contributed by atoms with E-state index in [1.165, 1.54) is 18.2 Å². The first-order valence-corrected chi connectivity index (χ1v) is 5.39. The van der Waals surface area contributed by atoms with Crippen molar-refractivity contribution in [2.24, 2.45) is 0 Å². The van der Waals surface area contributed by atoms with Gasteiger partial charge in [0.25, 0.3) is 0 Å². The molecule has 2 N–H and O–H groups in total.